The van der Waals surface area contributed by atoms with Crippen LogP contribution in [0.4, 0.5) is 0 Å². The molecule has 0 heterocycles. The molecule has 8 nitrogen and oxygen atoms in total. The molecule has 0 spiro atoms. The summed E-state index contributed by atoms with van der Waals surface area (Å²) in [6.07, 6.45) is 0. The van der Waals surface area contributed by atoms with Crippen molar-refractivity contribution in [2.45, 2.75) is 13.1 Å². The standard InChI is InChI=1S/C10H18N4.C2H2O4/c1-11-13-7-9-4-3-5-10(6-9)8-14-12-2;3-1(4)2(5)6/h3-6,11-14H,7-8H2,1-2H3;(H,3,4)(H,5,6). The number of hydrogen-bond donors (Lipinski definition) is 6. The van der Waals surface area contributed by atoms with Crippen LogP contribution in [0.3, 0.4) is 0 Å². The molecule has 0 radical (unpaired) electrons. The normalized spacial score (nSPS) is 9.50. The minimum atomic E-state index is -1.82. The van der Waals surface area contributed by atoms with Crippen LogP contribution in [0.2, 0.25) is 0 Å². The molecule has 1 aromatic carbocycles. The highest BCUT2D eigenvalue weighted by Crippen LogP contribution is 2.04. The van der Waals surface area contributed by atoms with E-state index in [1.165, 1.54) is 11.1 Å². The molecule has 1 aromatic rings. The Morgan fingerprint density at radius 1 is 0.950 bits per heavy atom. The van der Waals surface area contributed by atoms with Crippen molar-refractivity contribution in [3.63, 3.8) is 0 Å². The van der Waals surface area contributed by atoms with E-state index in [4.69, 9.17) is 19.8 Å². The molecule has 0 amide bonds. The van der Waals surface area contributed by atoms with Gasteiger partial charge in [0.15, 0.2) is 0 Å². The molecule has 8 heteroatoms. The molecule has 1 rings (SSSR count). The van der Waals surface area contributed by atoms with E-state index in [1.807, 2.05) is 14.1 Å². The van der Waals surface area contributed by atoms with Gasteiger partial charge in [-0.1, -0.05) is 24.3 Å². The fourth-order valence-electron chi connectivity index (χ4n) is 1.23. The second kappa shape index (κ2) is 10.9. The maximum atomic E-state index is 9.10. The summed E-state index contributed by atoms with van der Waals surface area (Å²) in [4.78, 5) is 18.2. The molecule has 0 fully saturated rings. The van der Waals surface area contributed by atoms with Crippen molar-refractivity contribution in [2.24, 2.45) is 0 Å². The highest BCUT2D eigenvalue weighted by molar-refractivity contribution is 6.27. The van der Waals surface area contributed by atoms with Crippen LogP contribution in [-0.2, 0) is 22.7 Å². The molecule has 0 aliphatic rings. The number of aliphatic carboxylic acids is 2. The van der Waals surface area contributed by atoms with Crippen molar-refractivity contribution in [3.8, 4) is 0 Å². The molecule has 0 aromatic heterocycles. The Morgan fingerprint density at radius 2 is 1.35 bits per heavy atom. The summed E-state index contributed by atoms with van der Waals surface area (Å²) in [6, 6.07) is 8.45. The van der Waals surface area contributed by atoms with Crippen molar-refractivity contribution in [2.75, 3.05) is 14.1 Å². The van der Waals surface area contributed by atoms with Gasteiger partial charge in [-0.05, 0) is 25.2 Å². The summed E-state index contributed by atoms with van der Waals surface area (Å²) in [5, 5.41) is 14.8. The van der Waals surface area contributed by atoms with E-state index in [9.17, 15) is 0 Å². The Hall–Kier alpha value is -2.00. The third-order valence-corrected chi connectivity index (χ3v) is 2.11. The van der Waals surface area contributed by atoms with E-state index in [0.29, 0.717) is 0 Å². The zero-order valence-electron chi connectivity index (χ0n) is 11.4. The summed E-state index contributed by atoms with van der Waals surface area (Å²) in [7, 11) is 3.73. The molecule has 0 saturated heterocycles. The number of carbonyl (C=O) groups is 2. The van der Waals surface area contributed by atoms with Crippen molar-refractivity contribution in [3.05, 3.63) is 35.4 Å². The predicted molar refractivity (Wildman–Crippen MR) is 73.5 cm³/mol. The molecule has 0 unspecified atom stereocenters. The van der Waals surface area contributed by atoms with E-state index < -0.39 is 11.9 Å². The maximum absolute atomic E-state index is 9.10. The van der Waals surface area contributed by atoms with E-state index >= 15 is 0 Å². The molecule has 0 aliphatic heterocycles. The third-order valence-electron chi connectivity index (χ3n) is 2.11. The monoisotopic (exact) mass is 284 g/mol. The molecular formula is C12H20N4O4. The lowest BCUT2D eigenvalue weighted by molar-refractivity contribution is -0.159. The zero-order valence-corrected chi connectivity index (χ0v) is 11.4. The number of hydrogen-bond acceptors (Lipinski definition) is 6. The van der Waals surface area contributed by atoms with Crippen LogP contribution in [0, 0.1) is 0 Å². The molecule has 112 valence electrons. The zero-order chi connectivity index (χ0) is 15.4. The Kier molecular flexibility index (Phi) is 9.79. The van der Waals surface area contributed by atoms with E-state index in [2.05, 4.69) is 46.0 Å². The fraction of sp³-hybridized carbons (Fsp3) is 0.333. The van der Waals surface area contributed by atoms with Gasteiger partial charge in [0.2, 0.25) is 0 Å². The van der Waals surface area contributed by atoms with Crippen LogP contribution >= 0.6 is 0 Å². The number of rotatable bonds is 6. The molecule has 0 atom stereocenters. The van der Waals surface area contributed by atoms with E-state index in [0.717, 1.165) is 13.1 Å². The Balaban J connectivity index is 0.000000511. The second-order valence-electron chi connectivity index (χ2n) is 3.64. The first kappa shape index (κ1) is 18.0. The van der Waals surface area contributed by atoms with Crippen LogP contribution in [0.5, 0.6) is 0 Å². The largest absolute Gasteiger partial charge is 0.473 e. The SMILES string of the molecule is CNNCc1cccc(CNNC)c1.O=C(O)C(=O)O. The second-order valence-corrected chi connectivity index (χ2v) is 3.64. The minimum absolute atomic E-state index is 0.837. The lowest BCUT2D eigenvalue weighted by Crippen LogP contribution is -2.27. The van der Waals surface area contributed by atoms with Gasteiger partial charge in [0.1, 0.15) is 0 Å². The van der Waals surface area contributed by atoms with Gasteiger partial charge in [-0.2, -0.15) is 0 Å². The summed E-state index contributed by atoms with van der Waals surface area (Å²) in [6.45, 7) is 1.67. The van der Waals surface area contributed by atoms with Gasteiger partial charge in [0.05, 0.1) is 0 Å². The van der Waals surface area contributed by atoms with Crippen LogP contribution in [0.15, 0.2) is 24.3 Å². The number of carboxylic acid groups (broad SMARTS) is 2. The highest BCUT2D eigenvalue weighted by atomic mass is 16.4. The number of benzene rings is 1. The fourth-order valence-corrected chi connectivity index (χ4v) is 1.23. The first-order chi connectivity index (χ1) is 9.51. The topological polar surface area (TPSA) is 123 Å². The maximum Gasteiger partial charge on any atom is 0.414 e. The quantitative estimate of drug-likeness (QED) is 0.299. The van der Waals surface area contributed by atoms with Crippen molar-refractivity contribution < 1.29 is 19.8 Å². The molecule has 0 bridgehead atoms. The summed E-state index contributed by atoms with van der Waals surface area (Å²) >= 11 is 0. The Morgan fingerprint density at radius 3 is 1.65 bits per heavy atom. The smallest absolute Gasteiger partial charge is 0.414 e. The third kappa shape index (κ3) is 9.00. The van der Waals surface area contributed by atoms with Crippen molar-refractivity contribution in [1.82, 2.24) is 21.7 Å². The molecule has 6 N–H and O–H groups in total. The number of nitrogens with one attached hydrogen (secondary N) is 4. The molecule has 0 saturated carbocycles. The number of hydrazine groups is 2. The van der Waals surface area contributed by atoms with Crippen molar-refractivity contribution in [1.29, 1.82) is 0 Å². The molecule has 0 aliphatic carbocycles. The van der Waals surface area contributed by atoms with Gasteiger partial charge in [0.25, 0.3) is 0 Å². The van der Waals surface area contributed by atoms with E-state index in [-0.39, 0.29) is 0 Å². The van der Waals surface area contributed by atoms with E-state index in [1.54, 1.807) is 0 Å². The highest BCUT2D eigenvalue weighted by Gasteiger charge is 2.04. The summed E-state index contributed by atoms with van der Waals surface area (Å²) in [5.74, 6) is -3.65. The van der Waals surface area contributed by atoms with Crippen LogP contribution < -0.4 is 21.7 Å². The Bertz CT molecular complexity index is 390. The number of carboxylic acids is 2. The average Bonchev–Trinajstić information content (AvgIpc) is 2.44. The summed E-state index contributed by atoms with van der Waals surface area (Å²) in [5.41, 5.74) is 14.5. The predicted octanol–water partition coefficient (Wildman–Crippen LogP) is -0.710. The van der Waals surface area contributed by atoms with Gasteiger partial charge < -0.3 is 10.2 Å². The first-order valence-corrected chi connectivity index (χ1v) is 5.84. The first-order valence-electron chi connectivity index (χ1n) is 5.84. The van der Waals surface area contributed by atoms with Crippen molar-refractivity contribution >= 4 is 11.9 Å². The van der Waals surface area contributed by atoms with Gasteiger partial charge >= 0.3 is 11.9 Å². The average molecular weight is 284 g/mol. The van der Waals surface area contributed by atoms with Gasteiger partial charge in [-0.15, -0.1) is 0 Å². The Labute approximate surface area is 117 Å². The van der Waals surface area contributed by atoms with Crippen LogP contribution in [-0.4, -0.2) is 36.2 Å². The molecular weight excluding hydrogens is 264 g/mol. The lowest BCUT2D eigenvalue weighted by Gasteiger charge is -2.06. The van der Waals surface area contributed by atoms with Crippen LogP contribution in [0.25, 0.3) is 0 Å². The van der Waals surface area contributed by atoms with Gasteiger partial charge in [-0.25, -0.2) is 9.59 Å². The van der Waals surface area contributed by atoms with Crippen LogP contribution in [0.1, 0.15) is 11.1 Å². The summed E-state index contributed by atoms with van der Waals surface area (Å²) < 4.78 is 0. The lowest BCUT2D eigenvalue weighted by atomic mass is 10.1. The minimum Gasteiger partial charge on any atom is -0.473 e. The van der Waals surface area contributed by atoms with Gasteiger partial charge in [0, 0.05) is 13.1 Å². The van der Waals surface area contributed by atoms with Gasteiger partial charge in [-0.3, -0.25) is 21.7 Å². The molecule has 20 heavy (non-hydrogen) atoms.